The van der Waals surface area contributed by atoms with Gasteiger partial charge in [-0.1, -0.05) is 25.5 Å². The molecular formula is C20H26F3N3O3. The maximum absolute atomic E-state index is 13.4. The van der Waals surface area contributed by atoms with E-state index in [4.69, 9.17) is 4.74 Å². The molecule has 1 heterocycles. The average molecular weight is 413 g/mol. The van der Waals surface area contributed by atoms with Crippen molar-refractivity contribution in [3.8, 4) is 5.75 Å². The van der Waals surface area contributed by atoms with Crippen LogP contribution in [0.1, 0.15) is 37.6 Å². The molecule has 0 bridgehead atoms. The van der Waals surface area contributed by atoms with E-state index in [-0.39, 0.29) is 6.54 Å². The summed E-state index contributed by atoms with van der Waals surface area (Å²) in [5.74, 6) is -0.789. The number of hydrogen-bond donors (Lipinski definition) is 2. The zero-order valence-corrected chi connectivity index (χ0v) is 16.5. The minimum absolute atomic E-state index is 0.142. The Labute approximate surface area is 167 Å². The van der Waals surface area contributed by atoms with E-state index in [1.165, 1.54) is 13.2 Å². The summed E-state index contributed by atoms with van der Waals surface area (Å²) in [7, 11) is 1.33. The van der Waals surface area contributed by atoms with E-state index in [0.717, 1.165) is 34.9 Å². The molecular weight excluding hydrogens is 387 g/mol. The van der Waals surface area contributed by atoms with Crippen molar-refractivity contribution < 1.29 is 27.8 Å². The van der Waals surface area contributed by atoms with Crippen molar-refractivity contribution >= 4 is 5.91 Å². The normalized spacial score (nSPS) is 13.7. The molecule has 0 aliphatic carbocycles. The number of nitrogens with one attached hydrogen (secondary N) is 1. The van der Waals surface area contributed by atoms with Crippen LogP contribution in [-0.2, 0) is 23.9 Å². The van der Waals surface area contributed by atoms with Gasteiger partial charge >= 0.3 is 6.18 Å². The van der Waals surface area contributed by atoms with Crippen LogP contribution in [0.15, 0.2) is 36.7 Å². The third kappa shape index (κ3) is 5.96. The summed E-state index contributed by atoms with van der Waals surface area (Å²) in [6, 6.07) is 7.31. The fourth-order valence-corrected chi connectivity index (χ4v) is 2.80. The Balaban J connectivity index is 1.89. The average Bonchev–Trinajstić information content (AvgIpc) is 3.09. The lowest BCUT2D eigenvalue weighted by Gasteiger charge is -2.29. The van der Waals surface area contributed by atoms with E-state index < -0.39 is 29.9 Å². The van der Waals surface area contributed by atoms with Gasteiger partial charge in [-0.15, -0.1) is 0 Å². The molecule has 1 amide bonds. The van der Waals surface area contributed by atoms with Gasteiger partial charge in [-0.05, 0) is 30.5 Å². The number of aromatic nitrogens is 2. The number of imidazole rings is 1. The summed E-state index contributed by atoms with van der Waals surface area (Å²) in [6.45, 7) is 2.86. The third-order valence-electron chi connectivity index (χ3n) is 4.50. The summed E-state index contributed by atoms with van der Waals surface area (Å²) in [5.41, 5.74) is -2.45. The van der Waals surface area contributed by atoms with Crippen molar-refractivity contribution in [2.45, 2.75) is 44.4 Å². The molecule has 2 aromatic rings. The molecule has 0 aliphatic heterocycles. The maximum atomic E-state index is 13.4. The van der Waals surface area contributed by atoms with Gasteiger partial charge in [0.15, 0.2) is 5.82 Å². The van der Waals surface area contributed by atoms with Gasteiger partial charge in [-0.3, -0.25) is 4.79 Å². The fraction of sp³-hybridized carbons (Fsp3) is 0.500. The summed E-state index contributed by atoms with van der Waals surface area (Å²) in [4.78, 5) is 15.6. The molecule has 0 aliphatic rings. The number of rotatable bonds is 10. The Morgan fingerprint density at radius 1 is 1.28 bits per heavy atom. The van der Waals surface area contributed by atoms with E-state index in [1.807, 2.05) is 24.3 Å². The van der Waals surface area contributed by atoms with E-state index in [2.05, 4.69) is 17.2 Å². The second kappa shape index (κ2) is 9.78. The van der Waals surface area contributed by atoms with E-state index in [0.29, 0.717) is 13.0 Å². The summed E-state index contributed by atoms with van der Waals surface area (Å²) >= 11 is 0. The maximum Gasteiger partial charge on any atom is 0.425 e. The molecule has 2 N–H and O–H groups in total. The van der Waals surface area contributed by atoms with E-state index in [9.17, 15) is 23.1 Å². The van der Waals surface area contributed by atoms with Gasteiger partial charge in [-0.25, -0.2) is 4.98 Å². The highest BCUT2D eigenvalue weighted by atomic mass is 19.4. The van der Waals surface area contributed by atoms with Crippen molar-refractivity contribution in [3.63, 3.8) is 0 Å². The lowest BCUT2D eigenvalue weighted by atomic mass is 9.97. The van der Waals surface area contributed by atoms with Crippen molar-refractivity contribution in [1.29, 1.82) is 0 Å². The molecule has 1 atom stereocenters. The molecule has 0 radical (unpaired) electrons. The Bertz CT molecular complexity index is 790. The molecule has 1 unspecified atom stereocenters. The third-order valence-corrected chi connectivity index (χ3v) is 4.50. The van der Waals surface area contributed by atoms with Gasteiger partial charge in [0.25, 0.3) is 0 Å². The number of ether oxygens (including phenoxy) is 1. The zero-order valence-electron chi connectivity index (χ0n) is 16.5. The van der Waals surface area contributed by atoms with Crippen LogP contribution in [-0.4, -0.2) is 39.9 Å². The summed E-state index contributed by atoms with van der Waals surface area (Å²) in [5, 5.41) is 12.6. The first-order valence-corrected chi connectivity index (χ1v) is 9.42. The Morgan fingerprint density at radius 2 is 1.97 bits per heavy atom. The lowest BCUT2D eigenvalue weighted by Crippen LogP contribution is -2.48. The van der Waals surface area contributed by atoms with E-state index >= 15 is 0 Å². The van der Waals surface area contributed by atoms with Crippen LogP contribution in [0.4, 0.5) is 13.2 Å². The number of aliphatic hydroxyl groups is 1. The first kappa shape index (κ1) is 22.7. The molecule has 9 heteroatoms. The zero-order chi connectivity index (χ0) is 21.5. The van der Waals surface area contributed by atoms with Crippen molar-refractivity contribution in [3.05, 3.63) is 48.0 Å². The van der Waals surface area contributed by atoms with Crippen LogP contribution < -0.4 is 10.1 Å². The Morgan fingerprint density at radius 3 is 2.52 bits per heavy atom. The van der Waals surface area contributed by atoms with Crippen molar-refractivity contribution in [1.82, 2.24) is 14.9 Å². The highest BCUT2D eigenvalue weighted by Crippen LogP contribution is 2.40. The first-order valence-electron chi connectivity index (χ1n) is 9.42. The SMILES string of the molecule is CCCCOc1ccc(CCNC(=O)CC(O)(c2nccn2C)C(F)(F)F)cc1. The number of hydrogen-bond acceptors (Lipinski definition) is 4. The van der Waals surface area contributed by atoms with Crippen LogP contribution >= 0.6 is 0 Å². The highest BCUT2D eigenvalue weighted by Gasteiger charge is 2.58. The topological polar surface area (TPSA) is 76.4 Å². The van der Waals surface area contributed by atoms with Gasteiger partial charge in [0.05, 0.1) is 13.0 Å². The van der Waals surface area contributed by atoms with Gasteiger partial charge in [0.2, 0.25) is 11.5 Å². The number of halogens is 3. The Kier molecular flexibility index (Phi) is 7.66. The van der Waals surface area contributed by atoms with Gasteiger partial charge in [0, 0.05) is 26.0 Å². The van der Waals surface area contributed by atoms with Crippen molar-refractivity contribution in [2.75, 3.05) is 13.2 Å². The standard InChI is InChI=1S/C20H26F3N3O3/c1-3-4-13-29-16-7-5-15(6-8-16)9-10-24-17(27)14-19(28,20(21,22)23)18-25-11-12-26(18)2/h5-8,11-12,28H,3-4,9-10,13-14H2,1-2H3,(H,24,27). The van der Waals surface area contributed by atoms with Crippen LogP contribution in [0.3, 0.4) is 0 Å². The lowest BCUT2D eigenvalue weighted by molar-refractivity contribution is -0.271. The molecule has 160 valence electrons. The number of carbonyl (C=O) groups excluding carboxylic acids is 1. The van der Waals surface area contributed by atoms with E-state index in [1.54, 1.807) is 0 Å². The molecule has 1 aromatic heterocycles. The smallest absolute Gasteiger partial charge is 0.425 e. The number of amides is 1. The first-order chi connectivity index (χ1) is 13.7. The summed E-state index contributed by atoms with van der Waals surface area (Å²) in [6.07, 6.45) is -1.34. The quantitative estimate of drug-likeness (QED) is 0.587. The minimum atomic E-state index is -5.04. The molecule has 0 saturated heterocycles. The van der Waals surface area contributed by atoms with Gasteiger partial charge in [-0.2, -0.15) is 13.2 Å². The number of alkyl halides is 3. The number of unbranched alkanes of at least 4 members (excludes halogenated alkanes) is 1. The van der Waals surface area contributed by atoms with Crippen LogP contribution in [0.25, 0.3) is 0 Å². The van der Waals surface area contributed by atoms with Gasteiger partial charge < -0.3 is 19.7 Å². The van der Waals surface area contributed by atoms with Crippen LogP contribution in [0, 0.1) is 0 Å². The summed E-state index contributed by atoms with van der Waals surface area (Å²) < 4.78 is 47.0. The second-order valence-electron chi connectivity index (χ2n) is 6.84. The van der Waals surface area contributed by atoms with Crippen LogP contribution in [0.2, 0.25) is 0 Å². The largest absolute Gasteiger partial charge is 0.494 e. The second-order valence-corrected chi connectivity index (χ2v) is 6.84. The van der Waals surface area contributed by atoms with Crippen molar-refractivity contribution in [2.24, 2.45) is 7.05 Å². The number of benzene rings is 1. The molecule has 29 heavy (non-hydrogen) atoms. The predicted molar refractivity (Wildman–Crippen MR) is 101 cm³/mol. The number of nitrogens with zero attached hydrogens (tertiary/aromatic N) is 2. The molecule has 1 aromatic carbocycles. The molecule has 2 rings (SSSR count). The fourth-order valence-electron chi connectivity index (χ4n) is 2.80. The Hall–Kier alpha value is -2.55. The molecule has 0 spiro atoms. The predicted octanol–water partition coefficient (Wildman–Crippen LogP) is 3.10. The monoisotopic (exact) mass is 413 g/mol. The number of carbonyl (C=O) groups is 1. The molecule has 6 nitrogen and oxygen atoms in total. The van der Waals surface area contributed by atoms with Gasteiger partial charge in [0.1, 0.15) is 5.75 Å². The number of aryl methyl sites for hydroxylation is 1. The minimum Gasteiger partial charge on any atom is -0.494 e. The highest BCUT2D eigenvalue weighted by molar-refractivity contribution is 5.77. The molecule has 0 saturated carbocycles. The molecule has 0 fully saturated rings. The van der Waals surface area contributed by atoms with Crippen LogP contribution in [0.5, 0.6) is 5.75 Å².